The molecule has 0 amide bonds. The van der Waals surface area contributed by atoms with Crippen molar-refractivity contribution in [2.45, 2.75) is 6.54 Å². The monoisotopic (exact) mass is 352 g/mol. The molecule has 1 aromatic carbocycles. The molecular formula is C19H20N4O3. The Morgan fingerprint density at radius 2 is 2.00 bits per heavy atom. The highest BCUT2D eigenvalue weighted by molar-refractivity contribution is 5.77. The van der Waals surface area contributed by atoms with Crippen molar-refractivity contribution in [1.29, 1.82) is 0 Å². The van der Waals surface area contributed by atoms with E-state index < -0.39 is 0 Å². The van der Waals surface area contributed by atoms with E-state index in [0.29, 0.717) is 36.6 Å². The summed E-state index contributed by atoms with van der Waals surface area (Å²) in [6, 6.07) is 9.54. The van der Waals surface area contributed by atoms with Crippen LogP contribution in [0, 0.1) is 0 Å². The lowest BCUT2D eigenvalue weighted by molar-refractivity contribution is 0.122. The summed E-state index contributed by atoms with van der Waals surface area (Å²) >= 11 is 0. The van der Waals surface area contributed by atoms with Gasteiger partial charge in [0.05, 0.1) is 37.8 Å². The Morgan fingerprint density at radius 3 is 2.81 bits per heavy atom. The summed E-state index contributed by atoms with van der Waals surface area (Å²) in [5, 5.41) is 0.513. The van der Waals surface area contributed by atoms with Crippen LogP contribution in [0.1, 0.15) is 5.56 Å². The smallest absolute Gasteiger partial charge is 0.261 e. The van der Waals surface area contributed by atoms with Crippen LogP contribution in [0.15, 0.2) is 47.5 Å². The van der Waals surface area contributed by atoms with Crippen LogP contribution in [0.2, 0.25) is 0 Å². The highest BCUT2D eigenvalue weighted by atomic mass is 16.5. The predicted octanol–water partition coefficient (Wildman–Crippen LogP) is 1.68. The highest BCUT2D eigenvalue weighted by Gasteiger charge is 2.15. The Balaban J connectivity index is 1.67. The van der Waals surface area contributed by atoms with Crippen molar-refractivity contribution in [3.63, 3.8) is 0 Å². The molecule has 4 rings (SSSR count). The minimum absolute atomic E-state index is 0.109. The van der Waals surface area contributed by atoms with Crippen molar-refractivity contribution >= 4 is 16.9 Å². The fourth-order valence-corrected chi connectivity index (χ4v) is 3.12. The van der Waals surface area contributed by atoms with Crippen molar-refractivity contribution in [2.75, 3.05) is 38.3 Å². The van der Waals surface area contributed by atoms with Crippen LogP contribution in [0.3, 0.4) is 0 Å². The average Bonchev–Trinajstić information content (AvgIpc) is 2.71. The third kappa shape index (κ3) is 3.13. The fourth-order valence-electron chi connectivity index (χ4n) is 3.12. The second kappa shape index (κ2) is 7.13. The van der Waals surface area contributed by atoms with Gasteiger partial charge in [0, 0.05) is 31.0 Å². The third-order valence-corrected chi connectivity index (χ3v) is 4.54. The van der Waals surface area contributed by atoms with Gasteiger partial charge in [-0.3, -0.25) is 4.79 Å². The zero-order chi connectivity index (χ0) is 17.9. The van der Waals surface area contributed by atoms with Crippen LogP contribution >= 0.6 is 0 Å². The first-order valence-corrected chi connectivity index (χ1v) is 8.57. The third-order valence-electron chi connectivity index (χ3n) is 4.54. The number of anilines is 1. The summed E-state index contributed by atoms with van der Waals surface area (Å²) in [7, 11) is 1.63. The number of hydrogen-bond acceptors (Lipinski definition) is 6. The summed E-state index contributed by atoms with van der Waals surface area (Å²) in [5.41, 5.74) is 1.49. The molecule has 1 aliphatic rings. The molecule has 7 heteroatoms. The van der Waals surface area contributed by atoms with Crippen molar-refractivity contribution in [1.82, 2.24) is 14.5 Å². The van der Waals surface area contributed by atoms with Crippen LogP contribution in [-0.4, -0.2) is 47.9 Å². The van der Waals surface area contributed by atoms with Crippen LogP contribution in [0.25, 0.3) is 10.9 Å². The number of ether oxygens (including phenoxy) is 2. The molecule has 1 saturated heterocycles. The number of para-hydroxylation sites is 1. The van der Waals surface area contributed by atoms with Gasteiger partial charge in [-0.2, -0.15) is 0 Å². The van der Waals surface area contributed by atoms with Gasteiger partial charge in [-0.15, -0.1) is 0 Å². The molecule has 0 unspecified atom stereocenters. The molecular weight excluding hydrogens is 332 g/mol. The normalized spacial score (nSPS) is 14.6. The zero-order valence-electron chi connectivity index (χ0n) is 14.6. The molecule has 0 aliphatic carbocycles. The lowest BCUT2D eigenvalue weighted by Gasteiger charge is -2.26. The van der Waals surface area contributed by atoms with Crippen molar-refractivity contribution in [3.8, 4) is 5.75 Å². The molecule has 0 saturated carbocycles. The van der Waals surface area contributed by atoms with Crippen molar-refractivity contribution < 1.29 is 9.47 Å². The first kappa shape index (κ1) is 16.5. The summed E-state index contributed by atoms with van der Waals surface area (Å²) in [6.07, 6.45) is 3.39. The molecule has 0 spiro atoms. The first-order valence-electron chi connectivity index (χ1n) is 8.57. The van der Waals surface area contributed by atoms with Gasteiger partial charge in [-0.05, 0) is 12.1 Å². The lowest BCUT2D eigenvalue weighted by atomic mass is 10.2. The topological polar surface area (TPSA) is 69.5 Å². The van der Waals surface area contributed by atoms with Gasteiger partial charge in [0.1, 0.15) is 5.75 Å². The number of rotatable bonds is 4. The second-order valence-corrected chi connectivity index (χ2v) is 6.13. The van der Waals surface area contributed by atoms with Crippen LogP contribution in [0.4, 0.5) is 5.95 Å². The van der Waals surface area contributed by atoms with Crippen LogP contribution < -0.4 is 15.2 Å². The van der Waals surface area contributed by atoms with Crippen LogP contribution in [-0.2, 0) is 11.3 Å². The van der Waals surface area contributed by atoms with E-state index in [9.17, 15) is 4.79 Å². The summed E-state index contributed by atoms with van der Waals surface area (Å²) in [6.45, 7) is 3.29. The maximum atomic E-state index is 12.8. The Morgan fingerprint density at radius 1 is 1.19 bits per heavy atom. The van der Waals surface area contributed by atoms with Crippen molar-refractivity contribution in [3.05, 3.63) is 58.6 Å². The molecule has 26 heavy (non-hydrogen) atoms. The summed E-state index contributed by atoms with van der Waals surface area (Å²) in [4.78, 5) is 23.9. The molecule has 7 nitrogen and oxygen atoms in total. The number of hydrogen-bond donors (Lipinski definition) is 0. The van der Waals surface area contributed by atoms with Crippen molar-refractivity contribution in [2.24, 2.45) is 0 Å². The van der Waals surface area contributed by atoms with E-state index in [4.69, 9.17) is 9.47 Å². The van der Waals surface area contributed by atoms with Gasteiger partial charge in [-0.1, -0.05) is 18.2 Å². The minimum Gasteiger partial charge on any atom is -0.496 e. The number of morpholine rings is 1. The summed E-state index contributed by atoms with van der Waals surface area (Å²) in [5.74, 6) is 1.40. The molecule has 1 aliphatic heterocycles. The second-order valence-electron chi connectivity index (χ2n) is 6.13. The number of nitrogens with zero attached hydrogens (tertiary/aromatic N) is 4. The molecule has 0 N–H and O–H groups in total. The quantitative estimate of drug-likeness (QED) is 0.712. The molecule has 0 bridgehead atoms. The number of pyridine rings is 1. The highest BCUT2D eigenvalue weighted by Crippen LogP contribution is 2.19. The lowest BCUT2D eigenvalue weighted by Crippen LogP contribution is -2.37. The number of benzene rings is 1. The maximum Gasteiger partial charge on any atom is 0.261 e. The van der Waals surface area contributed by atoms with E-state index in [1.54, 1.807) is 24.1 Å². The molecule has 0 radical (unpaired) electrons. The number of aromatic nitrogens is 3. The Labute approximate surface area is 150 Å². The number of fused-ring (bicyclic) bond motifs is 1. The predicted molar refractivity (Wildman–Crippen MR) is 98.9 cm³/mol. The van der Waals surface area contributed by atoms with Crippen LogP contribution in [0.5, 0.6) is 5.75 Å². The SMILES string of the molecule is COc1ccccc1Cn1ccc2nc(N3CCOCC3)ncc2c1=O. The van der Waals surface area contributed by atoms with E-state index in [1.807, 2.05) is 30.3 Å². The standard InChI is InChI=1S/C19H20N4O3/c1-25-17-5-3-2-4-14(17)13-23-7-6-16-15(18(23)24)12-20-19(21-16)22-8-10-26-11-9-22/h2-7,12H,8-11,13H2,1H3. The zero-order valence-corrected chi connectivity index (χ0v) is 14.6. The van der Waals surface area contributed by atoms with Gasteiger partial charge in [-0.25, -0.2) is 9.97 Å². The first-order chi connectivity index (χ1) is 12.8. The molecule has 3 heterocycles. The van der Waals surface area contributed by atoms with Gasteiger partial charge < -0.3 is 18.9 Å². The van der Waals surface area contributed by atoms with E-state index in [0.717, 1.165) is 24.4 Å². The Bertz CT molecular complexity index is 980. The maximum absolute atomic E-state index is 12.8. The minimum atomic E-state index is -0.109. The largest absolute Gasteiger partial charge is 0.496 e. The number of methoxy groups -OCH3 is 1. The Hall–Kier alpha value is -2.93. The van der Waals surface area contributed by atoms with E-state index in [2.05, 4.69) is 14.9 Å². The average molecular weight is 352 g/mol. The molecule has 2 aromatic heterocycles. The van der Waals surface area contributed by atoms with Gasteiger partial charge >= 0.3 is 0 Å². The molecule has 1 fully saturated rings. The van der Waals surface area contributed by atoms with Gasteiger partial charge in [0.2, 0.25) is 5.95 Å². The van der Waals surface area contributed by atoms with E-state index in [1.165, 1.54) is 0 Å². The summed E-state index contributed by atoms with van der Waals surface area (Å²) < 4.78 is 12.4. The molecule has 0 atom stereocenters. The Kier molecular flexibility index (Phi) is 4.53. The fraction of sp³-hybridized carbons (Fsp3) is 0.316. The molecule has 3 aromatic rings. The molecule has 134 valence electrons. The van der Waals surface area contributed by atoms with Gasteiger partial charge in [0.15, 0.2) is 0 Å². The van der Waals surface area contributed by atoms with E-state index in [-0.39, 0.29) is 5.56 Å². The van der Waals surface area contributed by atoms with Gasteiger partial charge in [0.25, 0.3) is 5.56 Å². The van der Waals surface area contributed by atoms with E-state index >= 15 is 0 Å².